The van der Waals surface area contributed by atoms with Gasteiger partial charge in [0.25, 0.3) is 0 Å². The molecule has 0 fully saturated rings. The molecule has 0 saturated heterocycles. The van der Waals surface area contributed by atoms with Crippen molar-refractivity contribution in [1.29, 1.82) is 0 Å². The summed E-state index contributed by atoms with van der Waals surface area (Å²) in [5.41, 5.74) is 0.563. The van der Waals surface area contributed by atoms with Gasteiger partial charge in [0.05, 0.1) is 18.6 Å². The maximum atomic E-state index is 12.2. The average molecular weight is 406 g/mol. The first-order valence-corrected chi connectivity index (χ1v) is 9.82. The van der Waals surface area contributed by atoms with Crippen LogP contribution in [0.3, 0.4) is 0 Å². The zero-order valence-corrected chi connectivity index (χ0v) is 16.7. The molecule has 1 aliphatic rings. The molecule has 1 aromatic rings. The van der Waals surface area contributed by atoms with Gasteiger partial charge < -0.3 is 25.0 Å². The highest BCUT2D eigenvalue weighted by molar-refractivity contribution is 5.85. The van der Waals surface area contributed by atoms with E-state index < -0.39 is 23.6 Å². The normalized spacial score (nSPS) is 22.8. The number of carbonyl (C=O) groups excluding carboxylic acids is 1. The Bertz CT molecular complexity index is 700. The Morgan fingerprint density at radius 2 is 1.83 bits per heavy atom. The van der Waals surface area contributed by atoms with Gasteiger partial charge in [-0.25, -0.2) is 4.79 Å². The van der Waals surface area contributed by atoms with E-state index in [4.69, 9.17) is 14.9 Å². The lowest BCUT2D eigenvalue weighted by atomic mass is 9.79. The minimum atomic E-state index is -0.826. The number of amides is 1. The number of carboxylic acids is 1. The predicted molar refractivity (Wildman–Crippen MR) is 110 cm³/mol. The van der Waals surface area contributed by atoms with Crippen LogP contribution in [0.25, 0.3) is 0 Å². The summed E-state index contributed by atoms with van der Waals surface area (Å²) in [4.78, 5) is 25.6. The summed E-state index contributed by atoms with van der Waals surface area (Å²) >= 11 is 0. The number of ether oxygens (including phenoxy) is 1. The van der Waals surface area contributed by atoms with E-state index >= 15 is 0 Å². The second-order valence-corrected chi connectivity index (χ2v) is 7.42. The topological polar surface area (TPSA) is 119 Å². The number of aliphatic hydroxyl groups excluding tert-OH is 2. The van der Waals surface area contributed by atoms with Crippen molar-refractivity contribution in [2.45, 2.75) is 38.7 Å². The lowest BCUT2D eigenvalue weighted by Gasteiger charge is -2.27. The Morgan fingerprint density at radius 3 is 2.41 bits per heavy atom. The molecule has 0 unspecified atom stereocenters. The Balaban J connectivity index is 1.93. The van der Waals surface area contributed by atoms with E-state index in [-0.39, 0.29) is 13.2 Å². The van der Waals surface area contributed by atoms with Crippen LogP contribution in [0.2, 0.25) is 0 Å². The molecule has 0 heterocycles. The smallest absolute Gasteiger partial charge is 0.412 e. The third-order valence-electron chi connectivity index (χ3n) is 5.19. The minimum absolute atomic E-state index is 0.0256. The highest BCUT2D eigenvalue weighted by atomic mass is 16.6. The van der Waals surface area contributed by atoms with Crippen LogP contribution in [0.5, 0.6) is 0 Å². The first kappa shape index (κ1) is 22.7. The number of anilines is 2. The molecule has 2 atom stereocenters. The SMILES string of the molecule is C[C@]1(C(=O)O)CC/C=C/[C@@H](OC(=O)Nc2ccc(N(CCO)CCO)cc2)CC1. The predicted octanol–water partition coefficient (Wildman–Crippen LogP) is 2.62. The van der Waals surface area contributed by atoms with Gasteiger partial charge in [0.2, 0.25) is 0 Å². The van der Waals surface area contributed by atoms with Crippen molar-refractivity contribution in [1.82, 2.24) is 0 Å². The van der Waals surface area contributed by atoms with E-state index in [9.17, 15) is 14.7 Å². The molecule has 1 amide bonds. The molecule has 0 spiro atoms. The quantitative estimate of drug-likeness (QED) is 0.490. The molecule has 4 N–H and O–H groups in total. The number of nitrogens with one attached hydrogen (secondary N) is 1. The fourth-order valence-electron chi connectivity index (χ4n) is 3.30. The highest BCUT2D eigenvalue weighted by Crippen LogP contribution is 2.32. The molecular formula is C21H30N2O6. The summed E-state index contributed by atoms with van der Waals surface area (Å²) < 4.78 is 5.45. The maximum absolute atomic E-state index is 12.2. The molecule has 0 aromatic heterocycles. The van der Waals surface area contributed by atoms with Gasteiger partial charge in [-0.2, -0.15) is 0 Å². The number of hydrogen-bond acceptors (Lipinski definition) is 6. The van der Waals surface area contributed by atoms with Gasteiger partial charge in [0, 0.05) is 24.5 Å². The van der Waals surface area contributed by atoms with Crippen LogP contribution >= 0.6 is 0 Å². The molecular weight excluding hydrogens is 376 g/mol. The van der Waals surface area contributed by atoms with Crippen LogP contribution in [0, 0.1) is 5.41 Å². The molecule has 0 saturated carbocycles. The van der Waals surface area contributed by atoms with Crippen LogP contribution in [0.1, 0.15) is 32.6 Å². The number of aliphatic hydroxyl groups is 2. The molecule has 1 aliphatic carbocycles. The second kappa shape index (κ2) is 10.8. The van der Waals surface area contributed by atoms with Crippen molar-refractivity contribution in [3.8, 4) is 0 Å². The van der Waals surface area contributed by atoms with Crippen molar-refractivity contribution in [2.24, 2.45) is 5.41 Å². The monoisotopic (exact) mass is 406 g/mol. The summed E-state index contributed by atoms with van der Waals surface area (Å²) in [5, 5.41) is 30.3. The standard InChI is InChI=1S/C21H30N2O6/c1-21(19(26)27)10-3-2-4-18(9-11-21)29-20(28)22-16-5-7-17(8-6-16)23(12-14-24)13-15-25/h2,4-8,18,24-25H,3,9-15H2,1H3,(H,22,28)(H,26,27)/b4-2+/t18-,21+/m1/s1. The number of hydrogen-bond donors (Lipinski definition) is 4. The number of carboxylic acid groups (broad SMARTS) is 1. The first-order chi connectivity index (χ1) is 13.9. The number of nitrogens with zero attached hydrogens (tertiary/aromatic N) is 1. The molecule has 0 radical (unpaired) electrons. The van der Waals surface area contributed by atoms with Crippen LogP contribution in [0.4, 0.5) is 16.2 Å². The van der Waals surface area contributed by atoms with E-state index in [1.807, 2.05) is 17.1 Å². The van der Waals surface area contributed by atoms with Crippen LogP contribution < -0.4 is 10.2 Å². The highest BCUT2D eigenvalue weighted by Gasteiger charge is 2.34. The fraction of sp³-hybridized carbons (Fsp3) is 0.524. The van der Waals surface area contributed by atoms with Crippen LogP contribution in [-0.2, 0) is 9.53 Å². The molecule has 160 valence electrons. The van der Waals surface area contributed by atoms with E-state index in [1.54, 1.807) is 31.2 Å². The Hall–Kier alpha value is -2.58. The van der Waals surface area contributed by atoms with Crippen molar-refractivity contribution >= 4 is 23.4 Å². The van der Waals surface area contributed by atoms with Crippen LogP contribution in [0.15, 0.2) is 36.4 Å². The third-order valence-corrected chi connectivity index (χ3v) is 5.19. The summed E-state index contributed by atoms with van der Waals surface area (Å²) in [7, 11) is 0. The van der Waals surface area contributed by atoms with Crippen molar-refractivity contribution in [3.63, 3.8) is 0 Å². The molecule has 1 aromatic carbocycles. The Morgan fingerprint density at radius 1 is 1.17 bits per heavy atom. The second-order valence-electron chi connectivity index (χ2n) is 7.42. The molecule has 0 bridgehead atoms. The van der Waals surface area contributed by atoms with Gasteiger partial charge in [-0.3, -0.25) is 10.1 Å². The Labute approximate surface area is 170 Å². The fourth-order valence-corrected chi connectivity index (χ4v) is 3.30. The molecule has 29 heavy (non-hydrogen) atoms. The number of aliphatic carboxylic acids is 1. The van der Waals surface area contributed by atoms with E-state index in [2.05, 4.69) is 5.32 Å². The Kier molecular flexibility index (Phi) is 8.48. The van der Waals surface area contributed by atoms with E-state index in [0.717, 1.165) is 5.69 Å². The summed E-state index contributed by atoms with van der Waals surface area (Å²) in [6, 6.07) is 7.01. The first-order valence-electron chi connectivity index (χ1n) is 9.82. The average Bonchev–Trinajstić information content (AvgIpc) is 2.68. The lowest BCUT2D eigenvalue weighted by molar-refractivity contribution is -0.149. The zero-order valence-electron chi connectivity index (χ0n) is 16.7. The summed E-state index contributed by atoms with van der Waals surface area (Å²) in [5.74, 6) is -0.826. The van der Waals surface area contributed by atoms with Gasteiger partial charge >= 0.3 is 12.1 Å². The van der Waals surface area contributed by atoms with Gasteiger partial charge in [-0.15, -0.1) is 0 Å². The molecule has 8 heteroatoms. The van der Waals surface area contributed by atoms with Gasteiger partial charge in [0.1, 0.15) is 6.10 Å². The van der Waals surface area contributed by atoms with Gasteiger partial charge in [0.15, 0.2) is 0 Å². The molecule has 0 aliphatic heterocycles. The van der Waals surface area contributed by atoms with Crippen molar-refractivity contribution in [3.05, 3.63) is 36.4 Å². The number of allylic oxidation sites excluding steroid dienone is 1. The third kappa shape index (κ3) is 6.76. The summed E-state index contributed by atoms with van der Waals surface area (Å²) in [6.45, 7) is 2.48. The van der Waals surface area contributed by atoms with Crippen molar-refractivity contribution < 1.29 is 29.6 Å². The minimum Gasteiger partial charge on any atom is -0.481 e. The number of benzene rings is 1. The molecule has 2 rings (SSSR count). The maximum Gasteiger partial charge on any atom is 0.412 e. The largest absolute Gasteiger partial charge is 0.481 e. The van der Waals surface area contributed by atoms with Gasteiger partial charge in [-0.1, -0.05) is 6.08 Å². The zero-order chi connectivity index (χ0) is 21.3. The number of rotatable bonds is 8. The lowest BCUT2D eigenvalue weighted by Crippen LogP contribution is -2.31. The van der Waals surface area contributed by atoms with E-state index in [1.165, 1.54) is 0 Å². The van der Waals surface area contributed by atoms with Gasteiger partial charge in [-0.05, 0) is 62.9 Å². The molecule has 8 nitrogen and oxygen atoms in total. The van der Waals surface area contributed by atoms with Crippen molar-refractivity contribution in [2.75, 3.05) is 36.5 Å². The number of carbonyl (C=O) groups is 2. The van der Waals surface area contributed by atoms with E-state index in [0.29, 0.717) is 44.5 Å². The summed E-state index contributed by atoms with van der Waals surface area (Å²) in [6.07, 6.45) is 4.67. The van der Waals surface area contributed by atoms with Crippen LogP contribution in [-0.4, -0.2) is 59.8 Å².